The van der Waals surface area contributed by atoms with Gasteiger partial charge in [-0.15, -0.1) is 11.3 Å². The normalized spacial score (nSPS) is 12.0. The molecule has 1 aliphatic carbocycles. The Labute approximate surface area is 144 Å². The Morgan fingerprint density at radius 1 is 0.833 bits per heavy atom. The standard InChI is InChI=1S/C21H14N2S/c1-2-7-15-14(6-1)12-17-16(20-9-5-11-24-20)13-19(23-21(15)17)18-8-3-4-10-22-18/h1-11,13H,12H2. The first-order chi connectivity index (χ1) is 11.9. The first-order valence-electron chi connectivity index (χ1n) is 7.97. The fraction of sp³-hybridized carbons (Fsp3) is 0.0476. The molecule has 0 fully saturated rings. The molecular formula is C21H14N2S. The van der Waals surface area contributed by atoms with Gasteiger partial charge in [-0.1, -0.05) is 36.4 Å². The summed E-state index contributed by atoms with van der Waals surface area (Å²) in [7, 11) is 0. The van der Waals surface area contributed by atoms with Gasteiger partial charge in [0, 0.05) is 23.1 Å². The number of thiophene rings is 1. The smallest absolute Gasteiger partial charge is 0.0900 e. The molecule has 2 nitrogen and oxygen atoms in total. The van der Waals surface area contributed by atoms with Crippen molar-refractivity contribution >= 4 is 11.3 Å². The van der Waals surface area contributed by atoms with Gasteiger partial charge in [-0.25, -0.2) is 4.98 Å². The predicted octanol–water partition coefficient (Wildman–Crippen LogP) is 5.44. The van der Waals surface area contributed by atoms with E-state index >= 15 is 0 Å². The van der Waals surface area contributed by atoms with Crippen molar-refractivity contribution in [2.45, 2.75) is 6.42 Å². The number of aromatic nitrogens is 2. The summed E-state index contributed by atoms with van der Waals surface area (Å²) < 4.78 is 0. The van der Waals surface area contributed by atoms with Crippen LogP contribution in [0.25, 0.3) is 33.1 Å². The first-order valence-corrected chi connectivity index (χ1v) is 8.85. The van der Waals surface area contributed by atoms with Gasteiger partial charge in [0.15, 0.2) is 0 Å². The lowest BCUT2D eigenvalue weighted by molar-refractivity contribution is 1.21. The monoisotopic (exact) mass is 326 g/mol. The third-order valence-corrected chi connectivity index (χ3v) is 5.38. The summed E-state index contributed by atoms with van der Waals surface area (Å²) in [4.78, 5) is 10.8. The number of pyridine rings is 2. The van der Waals surface area contributed by atoms with Crippen molar-refractivity contribution in [3.05, 3.63) is 83.4 Å². The van der Waals surface area contributed by atoms with Gasteiger partial charge in [0.1, 0.15) is 0 Å². The van der Waals surface area contributed by atoms with Crippen LogP contribution in [0.4, 0.5) is 0 Å². The van der Waals surface area contributed by atoms with E-state index in [9.17, 15) is 0 Å². The predicted molar refractivity (Wildman–Crippen MR) is 99.0 cm³/mol. The molecule has 114 valence electrons. The lowest BCUT2D eigenvalue weighted by atomic mass is 10.0. The zero-order valence-corrected chi connectivity index (χ0v) is 13.8. The zero-order chi connectivity index (χ0) is 15.9. The van der Waals surface area contributed by atoms with E-state index in [0.717, 1.165) is 23.5 Å². The van der Waals surface area contributed by atoms with Crippen LogP contribution in [0.1, 0.15) is 11.1 Å². The Morgan fingerprint density at radius 3 is 2.58 bits per heavy atom. The Morgan fingerprint density at radius 2 is 1.75 bits per heavy atom. The maximum atomic E-state index is 4.98. The number of benzene rings is 1. The summed E-state index contributed by atoms with van der Waals surface area (Å²) in [5, 5.41) is 2.13. The highest BCUT2D eigenvalue weighted by atomic mass is 32.1. The molecular weight excluding hydrogens is 312 g/mol. The molecule has 3 heteroatoms. The van der Waals surface area contributed by atoms with Gasteiger partial charge < -0.3 is 0 Å². The summed E-state index contributed by atoms with van der Waals surface area (Å²) >= 11 is 1.78. The molecule has 0 N–H and O–H groups in total. The summed E-state index contributed by atoms with van der Waals surface area (Å²) in [6.07, 6.45) is 2.78. The highest BCUT2D eigenvalue weighted by Gasteiger charge is 2.24. The van der Waals surface area contributed by atoms with Crippen LogP contribution in [0.5, 0.6) is 0 Å². The molecule has 5 rings (SSSR count). The molecule has 1 aromatic carbocycles. The Hall–Kier alpha value is -2.78. The summed E-state index contributed by atoms with van der Waals surface area (Å²) in [5.41, 5.74) is 8.19. The first kappa shape index (κ1) is 13.6. The van der Waals surface area contributed by atoms with Crippen molar-refractivity contribution in [2.75, 3.05) is 0 Å². The average molecular weight is 326 g/mol. The minimum atomic E-state index is 0.919. The van der Waals surface area contributed by atoms with Gasteiger partial charge in [0.2, 0.25) is 0 Å². The molecule has 4 aromatic rings. The molecule has 0 bridgehead atoms. The number of fused-ring (bicyclic) bond motifs is 3. The van der Waals surface area contributed by atoms with Crippen molar-refractivity contribution in [1.29, 1.82) is 0 Å². The third kappa shape index (κ3) is 2.09. The molecule has 0 atom stereocenters. The molecule has 0 spiro atoms. The van der Waals surface area contributed by atoms with E-state index in [0.29, 0.717) is 0 Å². The molecule has 0 saturated carbocycles. The summed E-state index contributed by atoms with van der Waals surface area (Å²) in [6, 6.07) is 21.0. The molecule has 0 amide bonds. The van der Waals surface area contributed by atoms with E-state index in [1.807, 2.05) is 24.4 Å². The van der Waals surface area contributed by atoms with Gasteiger partial charge in [-0.2, -0.15) is 0 Å². The topological polar surface area (TPSA) is 25.8 Å². The number of nitrogens with zero attached hydrogens (tertiary/aromatic N) is 2. The van der Waals surface area contributed by atoms with Gasteiger partial charge in [0.05, 0.1) is 17.1 Å². The molecule has 0 saturated heterocycles. The highest BCUT2D eigenvalue weighted by Crippen LogP contribution is 2.42. The van der Waals surface area contributed by atoms with Gasteiger partial charge >= 0.3 is 0 Å². The minimum Gasteiger partial charge on any atom is -0.255 e. The van der Waals surface area contributed by atoms with Crippen LogP contribution in [0.3, 0.4) is 0 Å². The molecule has 24 heavy (non-hydrogen) atoms. The third-order valence-electron chi connectivity index (χ3n) is 4.48. The number of hydrogen-bond acceptors (Lipinski definition) is 3. The van der Waals surface area contributed by atoms with E-state index in [1.165, 1.54) is 27.1 Å². The fourth-order valence-electron chi connectivity index (χ4n) is 3.37. The second-order valence-electron chi connectivity index (χ2n) is 5.91. The van der Waals surface area contributed by atoms with Crippen molar-refractivity contribution in [2.24, 2.45) is 0 Å². The number of hydrogen-bond donors (Lipinski definition) is 0. The average Bonchev–Trinajstić information content (AvgIpc) is 3.29. The molecule has 3 aromatic heterocycles. The highest BCUT2D eigenvalue weighted by molar-refractivity contribution is 7.13. The molecule has 0 unspecified atom stereocenters. The zero-order valence-electron chi connectivity index (χ0n) is 12.9. The van der Waals surface area contributed by atoms with Crippen LogP contribution in [0.2, 0.25) is 0 Å². The van der Waals surface area contributed by atoms with Gasteiger partial charge in [-0.05, 0) is 46.3 Å². The van der Waals surface area contributed by atoms with Crippen LogP contribution < -0.4 is 0 Å². The van der Waals surface area contributed by atoms with Crippen molar-refractivity contribution in [1.82, 2.24) is 9.97 Å². The quantitative estimate of drug-likeness (QED) is 0.431. The van der Waals surface area contributed by atoms with Crippen LogP contribution in [0.15, 0.2) is 72.2 Å². The SMILES string of the molecule is c1ccc(-c2cc(-c3cccs3)c3c(n2)-c2ccccc2C3)nc1. The van der Waals surface area contributed by atoms with Crippen molar-refractivity contribution in [3.63, 3.8) is 0 Å². The second-order valence-corrected chi connectivity index (χ2v) is 6.86. The summed E-state index contributed by atoms with van der Waals surface area (Å²) in [6.45, 7) is 0. The van der Waals surface area contributed by atoms with Crippen LogP contribution >= 0.6 is 11.3 Å². The van der Waals surface area contributed by atoms with E-state index in [-0.39, 0.29) is 0 Å². The van der Waals surface area contributed by atoms with E-state index in [1.54, 1.807) is 11.3 Å². The maximum absolute atomic E-state index is 4.98. The minimum absolute atomic E-state index is 0.919. The lowest BCUT2D eigenvalue weighted by Gasteiger charge is -2.10. The number of rotatable bonds is 2. The molecule has 0 radical (unpaired) electrons. The van der Waals surface area contributed by atoms with Crippen LogP contribution in [-0.2, 0) is 6.42 Å². The largest absolute Gasteiger partial charge is 0.255 e. The van der Waals surface area contributed by atoms with Crippen LogP contribution in [0, 0.1) is 0 Å². The fourth-order valence-corrected chi connectivity index (χ4v) is 4.14. The molecule has 3 heterocycles. The van der Waals surface area contributed by atoms with E-state index < -0.39 is 0 Å². The maximum Gasteiger partial charge on any atom is 0.0900 e. The second kappa shape index (κ2) is 5.39. The Balaban J connectivity index is 1.80. The van der Waals surface area contributed by atoms with Crippen LogP contribution in [-0.4, -0.2) is 9.97 Å². The lowest BCUT2D eigenvalue weighted by Crippen LogP contribution is -1.94. The molecule has 1 aliphatic rings. The van der Waals surface area contributed by atoms with E-state index in [2.05, 4.69) is 52.8 Å². The molecule has 0 aliphatic heterocycles. The summed E-state index contributed by atoms with van der Waals surface area (Å²) in [5.74, 6) is 0. The van der Waals surface area contributed by atoms with E-state index in [4.69, 9.17) is 4.98 Å². The van der Waals surface area contributed by atoms with Gasteiger partial charge in [-0.3, -0.25) is 4.98 Å². The Bertz CT molecular complexity index is 1020. The van der Waals surface area contributed by atoms with Gasteiger partial charge in [0.25, 0.3) is 0 Å². The Kier molecular flexibility index (Phi) is 3.06. The van der Waals surface area contributed by atoms with Crippen molar-refractivity contribution < 1.29 is 0 Å². The van der Waals surface area contributed by atoms with Crippen molar-refractivity contribution in [3.8, 4) is 33.1 Å².